The molecule has 1 heterocycles. The van der Waals surface area contributed by atoms with E-state index in [4.69, 9.17) is 10.7 Å². The Morgan fingerprint density at radius 2 is 1.81 bits per heavy atom. The van der Waals surface area contributed by atoms with Crippen molar-refractivity contribution >= 4 is 28.8 Å². The van der Waals surface area contributed by atoms with Crippen molar-refractivity contribution < 1.29 is 18.0 Å². The first-order valence-electron chi connectivity index (χ1n) is 12.0. The fourth-order valence-corrected chi connectivity index (χ4v) is 4.07. The molecule has 0 atom stereocenters. The molecule has 5 nitrogen and oxygen atoms in total. The molecule has 0 unspecified atom stereocenters. The zero-order valence-corrected chi connectivity index (χ0v) is 20.2. The summed E-state index contributed by atoms with van der Waals surface area (Å²) in [7, 11) is 0. The highest BCUT2D eigenvalue weighted by atomic mass is 19.1. The Balaban J connectivity index is 1.71. The molecule has 1 saturated carbocycles. The molecule has 1 amide bonds. The molecule has 3 N–H and O–H groups in total. The van der Waals surface area contributed by atoms with Crippen molar-refractivity contribution in [1.29, 1.82) is 0 Å². The van der Waals surface area contributed by atoms with Gasteiger partial charge in [0.15, 0.2) is 0 Å². The Morgan fingerprint density at radius 1 is 1.11 bits per heavy atom. The zero-order chi connectivity index (χ0) is 25.8. The van der Waals surface area contributed by atoms with Gasteiger partial charge in [-0.1, -0.05) is 38.1 Å². The molecule has 0 aliphatic heterocycles. The Bertz CT molecular complexity index is 1270. The monoisotopic (exact) mass is 494 g/mol. The molecule has 1 fully saturated rings. The molecule has 0 spiro atoms. The summed E-state index contributed by atoms with van der Waals surface area (Å²) in [5.41, 5.74) is 7.99. The molecule has 3 aromatic rings. The first kappa shape index (κ1) is 25.3. The van der Waals surface area contributed by atoms with E-state index in [0.29, 0.717) is 29.3 Å². The van der Waals surface area contributed by atoms with Crippen LogP contribution in [0.5, 0.6) is 0 Å². The van der Waals surface area contributed by atoms with Gasteiger partial charge in [0, 0.05) is 41.0 Å². The summed E-state index contributed by atoms with van der Waals surface area (Å²) in [5, 5.41) is 2.95. The first-order valence-corrected chi connectivity index (χ1v) is 12.0. The van der Waals surface area contributed by atoms with E-state index in [2.05, 4.69) is 18.8 Å². The predicted octanol–water partition coefficient (Wildman–Crippen LogP) is 6.24. The van der Waals surface area contributed by atoms with Gasteiger partial charge in [-0.2, -0.15) is 0 Å². The number of carbonyl (C=O) groups excluding carboxylic acids is 1. The van der Waals surface area contributed by atoms with E-state index in [1.54, 1.807) is 17.0 Å². The van der Waals surface area contributed by atoms with Crippen LogP contribution in [0.2, 0.25) is 0 Å². The average Bonchev–Trinajstić information content (AvgIpc) is 3.68. The number of nitrogens with one attached hydrogen (secondary N) is 1. The molecule has 4 rings (SSSR count). The van der Waals surface area contributed by atoms with Crippen LogP contribution in [0, 0.1) is 17.5 Å². The van der Waals surface area contributed by atoms with Gasteiger partial charge in [0.2, 0.25) is 0 Å². The van der Waals surface area contributed by atoms with Crippen LogP contribution in [0.4, 0.5) is 30.5 Å². The minimum Gasteiger partial charge on any atom is -0.398 e. The van der Waals surface area contributed by atoms with Crippen molar-refractivity contribution in [2.24, 2.45) is 0 Å². The molecule has 0 bridgehead atoms. The van der Waals surface area contributed by atoms with Crippen molar-refractivity contribution in [1.82, 2.24) is 4.98 Å². The van der Waals surface area contributed by atoms with E-state index in [-0.39, 0.29) is 29.6 Å². The Kier molecular flexibility index (Phi) is 7.62. The van der Waals surface area contributed by atoms with Crippen LogP contribution in [-0.2, 0) is 17.8 Å². The van der Waals surface area contributed by atoms with E-state index >= 15 is 0 Å². The molecule has 2 aromatic carbocycles. The quantitative estimate of drug-likeness (QED) is 0.327. The van der Waals surface area contributed by atoms with Gasteiger partial charge in [-0.3, -0.25) is 9.69 Å². The van der Waals surface area contributed by atoms with Crippen molar-refractivity contribution in [2.75, 3.05) is 16.0 Å². The molecule has 1 aromatic heterocycles. The van der Waals surface area contributed by atoms with Gasteiger partial charge in [0.05, 0.1) is 0 Å². The third-order valence-electron chi connectivity index (χ3n) is 6.22. The number of hydrogen-bond acceptors (Lipinski definition) is 4. The number of amides is 1. The van der Waals surface area contributed by atoms with Gasteiger partial charge < -0.3 is 11.1 Å². The molecule has 188 valence electrons. The standard InChI is InChI=1S/C28H29F3N4O/c1-3-4-9-21-25(32)15-26(33-16-22-23(30)10-6-11-24(22)31)34-27(21)35(20-12-13-20)28(36)17(2)18-7-5-8-19(29)14-18/h5-8,10-11,14-15,20H,2-4,9,12-13,16H2,1H3,(H3,32,33,34). The normalized spacial score (nSPS) is 12.9. The lowest BCUT2D eigenvalue weighted by Gasteiger charge is -2.27. The third-order valence-corrected chi connectivity index (χ3v) is 6.22. The average molecular weight is 495 g/mol. The molecule has 0 saturated heterocycles. The fourth-order valence-electron chi connectivity index (χ4n) is 4.07. The topological polar surface area (TPSA) is 71.2 Å². The number of nitrogen functional groups attached to an aromatic ring is 1. The van der Waals surface area contributed by atoms with Crippen LogP contribution < -0.4 is 16.0 Å². The van der Waals surface area contributed by atoms with Crippen LogP contribution in [0.3, 0.4) is 0 Å². The first-order chi connectivity index (χ1) is 17.3. The van der Waals surface area contributed by atoms with Gasteiger partial charge in [-0.05, 0) is 55.5 Å². The number of halogens is 3. The highest BCUT2D eigenvalue weighted by Crippen LogP contribution is 2.38. The lowest BCUT2D eigenvalue weighted by Crippen LogP contribution is -2.35. The summed E-state index contributed by atoms with van der Waals surface area (Å²) in [5.74, 6) is -1.50. The highest BCUT2D eigenvalue weighted by Gasteiger charge is 2.37. The lowest BCUT2D eigenvalue weighted by molar-refractivity contribution is -0.113. The summed E-state index contributed by atoms with van der Waals surface area (Å²) >= 11 is 0. The van der Waals surface area contributed by atoms with Crippen LogP contribution in [0.15, 0.2) is 55.1 Å². The number of rotatable bonds is 10. The number of pyridine rings is 1. The largest absolute Gasteiger partial charge is 0.398 e. The van der Waals surface area contributed by atoms with Crippen molar-refractivity contribution in [3.63, 3.8) is 0 Å². The number of nitrogens with zero attached hydrogens (tertiary/aromatic N) is 2. The number of unbranched alkanes of at least 4 members (excludes halogenated alkanes) is 1. The molecule has 8 heteroatoms. The van der Waals surface area contributed by atoms with Gasteiger partial charge >= 0.3 is 0 Å². The maximum absolute atomic E-state index is 14.1. The Morgan fingerprint density at radius 3 is 2.44 bits per heavy atom. The lowest BCUT2D eigenvalue weighted by atomic mass is 10.0. The summed E-state index contributed by atoms with van der Waals surface area (Å²) in [6, 6.07) is 10.9. The minimum atomic E-state index is -0.670. The Labute approximate surface area is 208 Å². The van der Waals surface area contributed by atoms with Crippen molar-refractivity contribution in [2.45, 2.75) is 51.6 Å². The number of aromatic nitrogens is 1. The Hall–Kier alpha value is -3.81. The van der Waals surface area contributed by atoms with Crippen LogP contribution in [0.1, 0.15) is 49.3 Å². The van der Waals surface area contributed by atoms with E-state index in [1.807, 2.05) is 0 Å². The van der Waals surface area contributed by atoms with Crippen LogP contribution in [0.25, 0.3) is 5.57 Å². The fraction of sp³-hybridized carbons (Fsp3) is 0.286. The number of nitrogens with two attached hydrogens (primary N) is 1. The summed E-state index contributed by atoms with van der Waals surface area (Å²) in [4.78, 5) is 19.9. The smallest absolute Gasteiger partial charge is 0.259 e. The predicted molar refractivity (Wildman–Crippen MR) is 137 cm³/mol. The second-order valence-electron chi connectivity index (χ2n) is 8.95. The van der Waals surface area contributed by atoms with Crippen LogP contribution in [-0.4, -0.2) is 16.9 Å². The summed E-state index contributed by atoms with van der Waals surface area (Å²) in [6.07, 6.45) is 3.93. The van der Waals surface area contributed by atoms with E-state index in [1.165, 1.54) is 36.4 Å². The third kappa shape index (κ3) is 5.53. The maximum Gasteiger partial charge on any atom is 0.259 e. The molecule has 0 radical (unpaired) electrons. The van der Waals surface area contributed by atoms with Gasteiger partial charge in [0.25, 0.3) is 5.91 Å². The van der Waals surface area contributed by atoms with Gasteiger partial charge in [0.1, 0.15) is 29.1 Å². The van der Waals surface area contributed by atoms with Crippen molar-refractivity contribution in [3.05, 3.63) is 89.3 Å². The minimum absolute atomic E-state index is 0.0886. The van der Waals surface area contributed by atoms with Gasteiger partial charge in [-0.15, -0.1) is 0 Å². The molecule has 1 aliphatic rings. The maximum atomic E-state index is 14.1. The number of benzene rings is 2. The summed E-state index contributed by atoms with van der Waals surface area (Å²) < 4.78 is 42.1. The molecular formula is C28H29F3N4O. The number of hydrogen-bond donors (Lipinski definition) is 2. The van der Waals surface area contributed by atoms with E-state index < -0.39 is 17.5 Å². The van der Waals surface area contributed by atoms with E-state index in [9.17, 15) is 18.0 Å². The van der Waals surface area contributed by atoms with E-state index in [0.717, 1.165) is 31.2 Å². The molecule has 1 aliphatic carbocycles. The molecule has 36 heavy (non-hydrogen) atoms. The van der Waals surface area contributed by atoms with Crippen molar-refractivity contribution in [3.8, 4) is 0 Å². The highest BCUT2D eigenvalue weighted by molar-refractivity contribution is 6.26. The molecular weight excluding hydrogens is 465 g/mol. The number of carbonyl (C=O) groups is 1. The number of anilines is 3. The summed E-state index contributed by atoms with van der Waals surface area (Å²) in [6.45, 7) is 5.85. The second kappa shape index (κ2) is 10.8. The van der Waals surface area contributed by atoms with Crippen LogP contribution >= 0.6 is 0 Å². The van der Waals surface area contributed by atoms with Gasteiger partial charge in [-0.25, -0.2) is 18.2 Å². The SMILES string of the molecule is C=C(C(=O)N(c1nc(NCc2c(F)cccc2F)cc(N)c1CCCC)C1CC1)c1cccc(F)c1. The second-order valence-corrected chi connectivity index (χ2v) is 8.95. The zero-order valence-electron chi connectivity index (χ0n) is 20.2.